The molecule has 120 valence electrons. The van der Waals surface area contributed by atoms with Crippen LogP contribution in [-0.2, 0) is 4.79 Å². The van der Waals surface area contributed by atoms with Gasteiger partial charge < -0.3 is 10.2 Å². The Morgan fingerprint density at radius 1 is 1.27 bits per heavy atom. The summed E-state index contributed by atoms with van der Waals surface area (Å²) in [7, 11) is 2.16. The highest BCUT2D eigenvalue weighted by molar-refractivity contribution is 5.82. The van der Waals surface area contributed by atoms with Crippen LogP contribution >= 0.6 is 0 Å². The van der Waals surface area contributed by atoms with E-state index in [1.54, 1.807) is 0 Å². The first kappa shape index (κ1) is 15.5. The fraction of sp³-hybridized carbons (Fsp3) is 0.611. The number of aryl methyl sites for hydroxylation is 1. The van der Waals surface area contributed by atoms with E-state index in [0.29, 0.717) is 5.92 Å². The lowest BCUT2D eigenvalue weighted by Gasteiger charge is -2.32. The van der Waals surface area contributed by atoms with Crippen LogP contribution < -0.4 is 5.32 Å². The molecule has 2 fully saturated rings. The summed E-state index contributed by atoms with van der Waals surface area (Å²) in [5, 5.41) is 3.12. The van der Waals surface area contributed by atoms with Gasteiger partial charge in [0, 0.05) is 45.2 Å². The maximum absolute atomic E-state index is 12.2. The molecule has 0 radical (unpaired) electrons. The number of hydrogen-bond acceptors (Lipinski definition) is 3. The SMILES string of the molecule is Cc1cccc(C2CC2C(=O)NCCN2CCN(C)CC2)c1. The monoisotopic (exact) mass is 301 g/mol. The lowest BCUT2D eigenvalue weighted by molar-refractivity contribution is -0.122. The maximum atomic E-state index is 12.2. The lowest BCUT2D eigenvalue weighted by atomic mass is 10.1. The molecule has 2 aliphatic rings. The second-order valence-electron chi connectivity index (χ2n) is 6.80. The van der Waals surface area contributed by atoms with Gasteiger partial charge in [-0.3, -0.25) is 9.69 Å². The molecule has 1 aromatic rings. The van der Waals surface area contributed by atoms with E-state index in [0.717, 1.165) is 45.7 Å². The number of nitrogens with one attached hydrogen (secondary N) is 1. The van der Waals surface area contributed by atoms with Gasteiger partial charge in [0.25, 0.3) is 0 Å². The Morgan fingerprint density at radius 2 is 2.05 bits per heavy atom. The van der Waals surface area contributed by atoms with Gasteiger partial charge in [0.05, 0.1) is 0 Å². The van der Waals surface area contributed by atoms with E-state index in [2.05, 4.69) is 53.4 Å². The van der Waals surface area contributed by atoms with Crippen LogP contribution in [0.15, 0.2) is 24.3 Å². The maximum Gasteiger partial charge on any atom is 0.223 e. The quantitative estimate of drug-likeness (QED) is 0.894. The Balaban J connectivity index is 1.39. The fourth-order valence-electron chi connectivity index (χ4n) is 3.29. The van der Waals surface area contributed by atoms with Gasteiger partial charge in [-0.25, -0.2) is 0 Å². The first-order valence-electron chi connectivity index (χ1n) is 8.38. The standard InChI is InChI=1S/C18H27N3O/c1-14-4-3-5-15(12-14)16-13-17(16)18(22)19-6-7-21-10-8-20(2)9-11-21/h3-5,12,16-17H,6-11,13H2,1-2H3,(H,19,22). The third kappa shape index (κ3) is 3.87. The summed E-state index contributed by atoms with van der Waals surface area (Å²) >= 11 is 0. The van der Waals surface area contributed by atoms with E-state index in [1.165, 1.54) is 11.1 Å². The van der Waals surface area contributed by atoms with E-state index in [9.17, 15) is 4.79 Å². The van der Waals surface area contributed by atoms with E-state index >= 15 is 0 Å². The van der Waals surface area contributed by atoms with Crippen molar-refractivity contribution in [2.45, 2.75) is 19.3 Å². The molecule has 1 heterocycles. The average Bonchev–Trinajstić information content (AvgIpc) is 3.30. The van der Waals surface area contributed by atoms with Gasteiger partial charge in [0.15, 0.2) is 0 Å². The Morgan fingerprint density at radius 3 is 2.77 bits per heavy atom. The molecule has 0 aromatic heterocycles. The van der Waals surface area contributed by atoms with Crippen molar-refractivity contribution < 1.29 is 4.79 Å². The zero-order valence-electron chi connectivity index (χ0n) is 13.7. The topological polar surface area (TPSA) is 35.6 Å². The van der Waals surface area contributed by atoms with E-state index in [4.69, 9.17) is 0 Å². The summed E-state index contributed by atoms with van der Waals surface area (Å²) in [6.45, 7) is 8.35. The Hall–Kier alpha value is -1.39. The third-order valence-corrected chi connectivity index (χ3v) is 4.92. The molecule has 2 atom stereocenters. The molecule has 2 unspecified atom stereocenters. The van der Waals surface area contributed by atoms with Gasteiger partial charge in [-0.2, -0.15) is 0 Å². The summed E-state index contributed by atoms with van der Waals surface area (Å²) in [5.74, 6) is 0.860. The third-order valence-electron chi connectivity index (χ3n) is 4.92. The van der Waals surface area contributed by atoms with Crippen LogP contribution in [0.25, 0.3) is 0 Å². The van der Waals surface area contributed by atoms with Crippen molar-refractivity contribution in [1.29, 1.82) is 0 Å². The fourth-order valence-corrected chi connectivity index (χ4v) is 3.29. The first-order valence-corrected chi connectivity index (χ1v) is 8.38. The number of benzene rings is 1. The zero-order chi connectivity index (χ0) is 15.5. The van der Waals surface area contributed by atoms with E-state index in [1.807, 2.05) is 0 Å². The second-order valence-corrected chi connectivity index (χ2v) is 6.80. The highest BCUT2D eigenvalue weighted by Crippen LogP contribution is 2.47. The van der Waals surface area contributed by atoms with Gasteiger partial charge in [0.2, 0.25) is 5.91 Å². The van der Waals surface area contributed by atoms with Gasteiger partial charge in [-0.1, -0.05) is 29.8 Å². The number of carbonyl (C=O) groups excluding carboxylic acids is 1. The second kappa shape index (κ2) is 6.80. The minimum atomic E-state index is 0.189. The summed E-state index contributed by atoms with van der Waals surface area (Å²) in [4.78, 5) is 17.0. The molecule has 1 saturated carbocycles. The number of hydrogen-bond donors (Lipinski definition) is 1. The molecule has 1 saturated heterocycles. The van der Waals surface area contributed by atoms with Crippen LogP contribution in [0.3, 0.4) is 0 Å². The molecule has 22 heavy (non-hydrogen) atoms. The summed E-state index contributed by atoms with van der Waals surface area (Å²) in [6, 6.07) is 8.56. The number of likely N-dealkylation sites (N-methyl/N-ethyl adjacent to an activating group) is 1. The van der Waals surface area contributed by atoms with Crippen molar-refractivity contribution in [3.05, 3.63) is 35.4 Å². The van der Waals surface area contributed by atoms with Gasteiger partial charge >= 0.3 is 0 Å². The van der Waals surface area contributed by atoms with Crippen LogP contribution in [0, 0.1) is 12.8 Å². The van der Waals surface area contributed by atoms with Crippen LogP contribution in [-0.4, -0.2) is 62.0 Å². The van der Waals surface area contributed by atoms with Crippen molar-refractivity contribution in [3.8, 4) is 0 Å². The van der Waals surface area contributed by atoms with Crippen molar-refractivity contribution in [2.24, 2.45) is 5.92 Å². The molecule has 1 amide bonds. The average molecular weight is 301 g/mol. The Bertz CT molecular complexity index is 523. The van der Waals surface area contributed by atoms with Crippen molar-refractivity contribution >= 4 is 5.91 Å². The number of carbonyl (C=O) groups is 1. The molecule has 0 spiro atoms. The van der Waals surface area contributed by atoms with Gasteiger partial charge in [0.1, 0.15) is 0 Å². The molecule has 0 bridgehead atoms. The first-order chi connectivity index (χ1) is 10.6. The van der Waals surface area contributed by atoms with Crippen LogP contribution in [0.5, 0.6) is 0 Å². The zero-order valence-corrected chi connectivity index (χ0v) is 13.7. The van der Waals surface area contributed by atoms with Crippen molar-refractivity contribution in [3.63, 3.8) is 0 Å². The smallest absolute Gasteiger partial charge is 0.223 e. The number of amides is 1. The van der Waals surface area contributed by atoms with Gasteiger partial charge in [-0.05, 0) is 31.9 Å². The number of nitrogens with zero attached hydrogens (tertiary/aromatic N) is 2. The van der Waals surface area contributed by atoms with Crippen molar-refractivity contribution in [1.82, 2.24) is 15.1 Å². The lowest BCUT2D eigenvalue weighted by Crippen LogP contribution is -2.47. The summed E-state index contributed by atoms with van der Waals surface area (Å²) < 4.78 is 0. The molecule has 4 nitrogen and oxygen atoms in total. The summed E-state index contributed by atoms with van der Waals surface area (Å²) in [6.07, 6.45) is 1.00. The molecule has 4 heteroatoms. The van der Waals surface area contributed by atoms with Gasteiger partial charge in [-0.15, -0.1) is 0 Å². The molecular weight excluding hydrogens is 274 g/mol. The molecule has 3 rings (SSSR count). The Kier molecular flexibility index (Phi) is 4.79. The largest absolute Gasteiger partial charge is 0.355 e. The highest BCUT2D eigenvalue weighted by atomic mass is 16.2. The molecule has 1 aliphatic carbocycles. The predicted molar refractivity (Wildman–Crippen MR) is 89.0 cm³/mol. The highest BCUT2D eigenvalue weighted by Gasteiger charge is 2.43. The van der Waals surface area contributed by atoms with Crippen molar-refractivity contribution in [2.75, 3.05) is 46.3 Å². The van der Waals surface area contributed by atoms with E-state index in [-0.39, 0.29) is 11.8 Å². The predicted octanol–water partition coefficient (Wildman–Crippen LogP) is 1.46. The minimum Gasteiger partial charge on any atom is -0.355 e. The van der Waals surface area contributed by atoms with Crippen LogP contribution in [0.2, 0.25) is 0 Å². The molecular formula is C18H27N3O. The number of rotatable bonds is 5. The molecule has 1 N–H and O–H groups in total. The van der Waals surface area contributed by atoms with E-state index < -0.39 is 0 Å². The normalized spacial score (nSPS) is 25.9. The van der Waals surface area contributed by atoms with Crippen LogP contribution in [0.4, 0.5) is 0 Å². The molecule has 1 aromatic carbocycles. The molecule has 1 aliphatic heterocycles. The summed E-state index contributed by atoms with van der Waals surface area (Å²) in [5.41, 5.74) is 2.60. The van der Waals surface area contributed by atoms with Crippen LogP contribution in [0.1, 0.15) is 23.5 Å². The number of piperazine rings is 1. The minimum absolute atomic E-state index is 0.189. The Labute approximate surface area is 133 Å².